The average molecular weight is 149 g/mol. The number of hydrogen-bond acceptors (Lipinski definition) is 2. The largest absolute Gasteiger partial charge is 0.201 e. The van der Waals surface area contributed by atoms with E-state index >= 15 is 0 Å². The van der Waals surface area contributed by atoms with Gasteiger partial charge in [0.05, 0.1) is 5.69 Å². The first-order valence-corrected chi connectivity index (χ1v) is 3.69. The third-order valence-corrected chi connectivity index (χ3v) is 1.79. The molecule has 0 amide bonds. The Balaban J connectivity index is 2.54. The van der Waals surface area contributed by atoms with E-state index in [-0.39, 0.29) is 0 Å². The summed E-state index contributed by atoms with van der Waals surface area (Å²) in [6.07, 6.45) is 1.83. The smallest absolute Gasteiger partial charge is 0.115 e. The van der Waals surface area contributed by atoms with Crippen LogP contribution in [-0.4, -0.2) is 6.21 Å². The quantitative estimate of drug-likeness (QED) is 0.517. The predicted molar refractivity (Wildman–Crippen MR) is 43.4 cm³/mol. The first-order chi connectivity index (χ1) is 4.97. The van der Waals surface area contributed by atoms with Crippen LogP contribution in [0.15, 0.2) is 28.7 Å². The Bertz CT molecular complexity index is 270. The van der Waals surface area contributed by atoms with Gasteiger partial charge in [0.15, 0.2) is 0 Å². The van der Waals surface area contributed by atoms with E-state index in [1.54, 1.807) is 0 Å². The topological polar surface area (TPSA) is 26.5 Å². The lowest BCUT2D eigenvalue weighted by Crippen LogP contribution is -1.94. The Morgan fingerprint density at radius 2 is 2.10 bits per heavy atom. The van der Waals surface area contributed by atoms with Crippen molar-refractivity contribution in [2.24, 2.45) is 4.40 Å². The van der Waals surface area contributed by atoms with Gasteiger partial charge in [-0.25, -0.2) is 4.40 Å². The average Bonchev–Trinajstić information content (AvgIpc) is 2.05. The minimum atomic E-state index is 1.02. The summed E-state index contributed by atoms with van der Waals surface area (Å²) in [5.41, 5.74) is 2.11. The van der Waals surface area contributed by atoms with Gasteiger partial charge in [0.25, 0.3) is 0 Å². The van der Waals surface area contributed by atoms with Gasteiger partial charge in [-0.3, -0.25) is 0 Å². The van der Waals surface area contributed by atoms with Crippen LogP contribution in [0.25, 0.3) is 0 Å². The lowest BCUT2D eigenvalue weighted by atomic mass is 10.2. The van der Waals surface area contributed by atoms with Crippen LogP contribution in [0.2, 0.25) is 0 Å². The zero-order valence-electron chi connectivity index (χ0n) is 5.19. The Morgan fingerprint density at radius 1 is 1.20 bits per heavy atom. The van der Waals surface area contributed by atoms with E-state index in [0.29, 0.717) is 0 Å². The minimum Gasteiger partial charge on any atom is -0.201 e. The maximum Gasteiger partial charge on any atom is 0.115 e. The lowest BCUT2D eigenvalue weighted by Gasteiger charge is -2.05. The van der Waals surface area contributed by atoms with Gasteiger partial charge >= 0.3 is 0 Å². The molecule has 0 fully saturated rings. The molecule has 0 atom stereocenters. The fraction of sp³-hybridized carbons (Fsp3) is 0. The molecule has 0 N–H and O–H groups in total. The van der Waals surface area contributed by atoms with Crippen molar-refractivity contribution in [2.75, 3.05) is 0 Å². The summed E-state index contributed by atoms with van der Waals surface area (Å²) in [4.78, 5) is 0. The van der Waals surface area contributed by atoms with Crippen molar-refractivity contribution >= 4 is 24.0 Å². The van der Waals surface area contributed by atoms with E-state index in [4.69, 9.17) is 0 Å². The molecule has 3 heteroatoms. The molecule has 0 saturated heterocycles. The van der Waals surface area contributed by atoms with Gasteiger partial charge in [-0.05, 0) is 6.07 Å². The van der Waals surface area contributed by atoms with E-state index in [1.807, 2.05) is 30.5 Å². The SMILES string of the molecule is C1=NS[N]c2ccccc21. The molecule has 1 radical (unpaired) electrons. The molecule has 0 aromatic heterocycles. The van der Waals surface area contributed by atoms with Crippen molar-refractivity contribution in [1.29, 1.82) is 0 Å². The third kappa shape index (κ3) is 0.885. The molecule has 0 unspecified atom stereocenters. The van der Waals surface area contributed by atoms with Crippen LogP contribution in [0, 0.1) is 0 Å². The molecule has 0 spiro atoms. The number of rotatable bonds is 0. The summed E-state index contributed by atoms with van der Waals surface area (Å²) >= 11 is 1.23. The van der Waals surface area contributed by atoms with Crippen molar-refractivity contribution in [3.8, 4) is 0 Å². The predicted octanol–water partition coefficient (Wildman–Crippen LogP) is 1.92. The maximum atomic E-state index is 4.11. The van der Waals surface area contributed by atoms with E-state index in [2.05, 4.69) is 9.12 Å². The molecule has 1 aliphatic heterocycles. The molecular weight excluding hydrogens is 144 g/mol. The summed E-state index contributed by atoms with van der Waals surface area (Å²) in [6.45, 7) is 0. The second-order valence-electron chi connectivity index (χ2n) is 1.97. The summed E-state index contributed by atoms with van der Waals surface area (Å²) in [7, 11) is 0. The van der Waals surface area contributed by atoms with Crippen LogP contribution < -0.4 is 4.72 Å². The van der Waals surface area contributed by atoms with Crippen molar-refractivity contribution in [3.05, 3.63) is 29.8 Å². The summed E-state index contributed by atoms with van der Waals surface area (Å²) < 4.78 is 8.06. The highest BCUT2D eigenvalue weighted by Crippen LogP contribution is 2.21. The molecule has 2 rings (SSSR count). The van der Waals surface area contributed by atoms with E-state index in [9.17, 15) is 0 Å². The van der Waals surface area contributed by atoms with Gasteiger partial charge in [0.2, 0.25) is 0 Å². The van der Waals surface area contributed by atoms with Crippen molar-refractivity contribution in [3.63, 3.8) is 0 Å². The molecule has 0 saturated carbocycles. The van der Waals surface area contributed by atoms with Crippen LogP contribution >= 0.6 is 12.1 Å². The Kier molecular flexibility index (Phi) is 1.36. The van der Waals surface area contributed by atoms with Crippen LogP contribution in [0.4, 0.5) is 5.69 Å². The standard InChI is InChI=1S/C7H5N2S/c1-2-4-7-6(3-1)5-8-10-9-7/h1-5H. The van der Waals surface area contributed by atoms with Gasteiger partial charge in [0, 0.05) is 11.8 Å². The van der Waals surface area contributed by atoms with Crippen LogP contribution in [0.3, 0.4) is 0 Å². The van der Waals surface area contributed by atoms with Crippen molar-refractivity contribution in [2.45, 2.75) is 0 Å². The third-order valence-electron chi connectivity index (χ3n) is 1.31. The van der Waals surface area contributed by atoms with E-state index in [1.165, 1.54) is 12.1 Å². The second-order valence-corrected chi connectivity index (χ2v) is 2.52. The monoisotopic (exact) mass is 149 g/mol. The first kappa shape index (κ1) is 5.80. The van der Waals surface area contributed by atoms with E-state index < -0.39 is 0 Å². The highest BCUT2D eigenvalue weighted by molar-refractivity contribution is 7.96. The maximum absolute atomic E-state index is 4.11. The summed E-state index contributed by atoms with van der Waals surface area (Å²) in [5.74, 6) is 0. The van der Waals surface area contributed by atoms with Gasteiger partial charge in [0.1, 0.15) is 12.1 Å². The summed E-state index contributed by atoms with van der Waals surface area (Å²) in [6, 6.07) is 7.94. The lowest BCUT2D eigenvalue weighted by molar-refractivity contribution is 1.35. The Morgan fingerprint density at radius 3 is 3.00 bits per heavy atom. The zero-order chi connectivity index (χ0) is 6.81. The van der Waals surface area contributed by atoms with Crippen molar-refractivity contribution in [1.82, 2.24) is 4.72 Å². The molecule has 10 heavy (non-hydrogen) atoms. The van der Waals surface area contributed by atoms with Gasteiger partial charge in [-0.2, -0.15) is 4.72 Å². The number of benzene rings is 1. The minimum absolute atomic E-state index is 1.02. The summed E-state index contributed by atoms with van der Waals surface area (Å²) in [5, 5.41) is 0. The number of hydrogen-bond donors (Lipinski definition) is 0. The van der Waals surface area contributed by atoms with Gasteiger partial charge < -0.3 is 0 Å². The molecule has 1 heterocycles. The molecule has 1 aliphatic rings. The fourth-order valence-electron chi connectivity index (χ4n) is 0.828. The normalized spacial score (nSPS) is 14.0. The second kappa shape index (κ2) is 2.34. The number of nitrogens with zero attached hydrogens (tertiary/aromatic N) is 2. The highest BCUT2D eigenvalue weighted by Gasteiger charge is 2.03. The zero-order valence-corrected chi connectivity index (χ0v) is 6.01. The molecule has 0 bridgehead atoms. The fourth-order valence-corrected chi connectivity index (χ4v) is 1.29. The molecule has 2 nitrogen and oxygen atoms in total. The van der Waals surface area contributed by atoms with Gasteiger partial charge in [-0.15, -0.1) is 0 Å². The molecule has 1 aromatic rings. The van der Waals surface area contributed by atoms with Crippen LogP contribution in [0.5, 0.6) is 0 Å². The molecule has 1 aromatic carbocycles. The Labute approximate surface area is 63.6 Å². The van der Waals surface area contributed by atoms with Crippen LogP contribution in [0.1, 0.15) is 5.56 Å². The highest BCUT2D eigenvalue weighted by atomic mass is 32.2. The van der Waals surface area contributed by atoms with Crippen LogP contribution in [-0.2, 0) is 0 Å². The molecule has 49 valence electrons. The first-order valence-electron chi connectivity index (χ1n) is 2.96. The van der Waals surface area contributed by atoms with Crippen molar-refractivity contribution < 1.29 is 0 Å². The van der Waals surface area contributed by atoms with E-state index in [0.717, 1.165) is 11.3 Å². The Hall–Kier alpha value is -0.960. The molecular formula is C7H5N2S. The van der Waals surface area contributed by atoms with Gasteiger partial charge in [-0.1, -0.05) is 18.2 Å². The molecule has 0 aliphatic carbocycles. The number of fused-ring (bicyclic) bond motifs is 1.